The molecule has 2 rings (SSSR count). The Hall–Kier alpha value is -2.62. The van der Waals surface area contributed by atoms with Crippen LogP contribution in [0, 0.1) is 13.8 Å². The minimum absolute atomic E-state index is 0.0119. The van der Waals surface area contributed by atoms with Gasteiger partial charge in [-0.1, -0.05) is 51.1 Å². The number of aryl methyl sites for hydroxylation is 2. The predicted octanol–water partition coefficient (Wildman–Crippen LogP) is 4.59. The highest BCUT2D eigenvalue weighted by molar-refractivity contribution is 6.02. The fraction of sp³-hybridized carbons (Fsp3) is 0.364. The van der Waals surface area contributed by atoms with Gasteiger partial charge in [0, 0.05) is 12.6 Å². The van der Waals surface area contributed by atoms with E-state index in [-0.39, 0.29) is 23.8 Å². The van der Waals surface area contributed by atoms with E-state index < -0.39 is 0 Å². The fourth-order valence-electron chi connectivity index (χ4n) is 2.98. The highest BCUT2D eigenvalue weighted by Gasteiger charge is 2.19. The molecule has 0 spiro atoms. The lowest BCUT2D eigenvalue weighted by atomic mass is 9.87. The molecule has 0 saturated heterocycles. The van der Waals surface area contributed by atoms with Crippen molar-refractivity contribution in [3.05, 3.63) is 59.2 Å². The molecule has 0 atom stereocenters. The van der Waals surface area contributed by atoms with Gasteiger partial charge in [0.15, 0.2) is 0 Å². The van der Waals surface area contributed by atoms with Gasteiger partial charge in [-0.05, 0) is 48.1 Å². The summed E-state index contributed by atoms with van der Waals surface area (Å²) < 4.78 is 0. The van der Waals surface area contributed by atoms with Crippen LogP contribution in [0.2, 0.25) is 0 Å². The summed E-state index contributed by atoms with van der Waals surface area (Å²) in [5, 5.41) is 2.88. The molecule has 4 heteroatoms. The average Bonchev–Trinajstić information content (AvgIpc) is 2.53. The third kappa shape index (κ3) is 4.72. The maximum atomic E-state index is 12.5. The summed E-state index contributed by atoms with van der Waals surface area (Å²) in [5.74, 6) is -0.369. The Morgan fingerprint density at radius 3 is 1.96 bits per heavy atom. The van der Waals surface area contributed by atoms with Gasteiger partial charge in [-0.3, -0.25) is 9.59 Å². The van der Waals surface area contributed by atoms with Gasteiger partial charge >= 0.3 is 0 Å². The van der Waals surface area contributed by atoms with Gasteiger partial charge in [0.1, 0.15) is 6.54 Å². The second-order valence-electron chi connectivity index (χ2n) is 7.72. The van der Waals surface area contributed by atoms with E-state index in [9.17, 15) is 9.59 Å². The Labute approximate surface area is 156 Å². The molecule has 2 aromatic rings. The number of hydrogen-bond acceptors (Lipinski definition) is 2. The van der Waals surface area contributed by atoms with E-state index in [1.54, 1.807) is 0 Å². The Morgan fingerprint density at radius 1 is 0.962 bits per heavy atom. The molecule has 0 fully saturated rings. The van der Waals surface area contributed by atoms with Crippen LogP contribution in [-0.2, 0) is 15.0 Å². The average molecular weight is 352 g/mol. The van der Waals surface area contributed by atoms with Crippen LogP contribution in [0.1, 0.15) is 44.4 Å². The fourth-order valence-corrected chi connectivity index (χ4v) is 2.98. The first-order valence-corrected chi connectivity index (χ1v) is 8.84. The molecule has 0 unspecified atom stereocenters. The Bertz CT molecular complexity index is 782. The zero-order valence-corrected chi connectivity index (χ0v) is 16.5. The minimum atomic E-state index is -0.216. The van der Waals surface area contributed by atoms with Crippen molar-refractivity contribution in [3.63, 3.8) is 0 Å². The number of hydrogen-bond donors (Lipinski definition) is 1. The van der Waals surface area contributed by atoms with Crippen molar-refractivity contribution in [2.24, 2.45) is 0 Å². The summed E-state index contributed by atoms with van der Waals surface area (Å²) in [6, 6.07) is 13.7. The van der Waals surface area contributed by atoms with Gasteiger partial charge in [0.25, 0.3) is 0 Å². The number of nitrogens with one attached hydrogen (secondary N) is 1. The molecule has 0 aliphatic rings. The van der Waals surface area contributed by atoms with Crippen molar-refractivity contribution in [3.8, 4) is 0 Å². The largest absolute Gasteiger partial charge is 0.325 e. The smallest absolute Gasteiger partial charge is 0.244 e. The molecule has 26 heavy (non-hydrogen) atoms. The van der Waals surface area contributed by atoms with Gasteiger partial charge in [0.2, 0.25) is 11.8 Å². The van der Waals surface area contributed by atoms with Crippen molar-refractivity contribution in [2.75, 3.05) is 16.8 Å². The molecule has 0 aliphatic heterocycles. The summed E-state index contributed by atoms with van der Waals surface area (Å²) >= 11 is 0. The number of amides is 2. The number of benzene rings is 2. The van der Waals surface area contributed by atoms with Crippen LogP contribution < -0.4 is 10.2 Å². The first-order chi connectivity index (χ1) is 12.1. The molecule has 1 N–H and O–H groups in total. The second kappa shape index (κ2) is 7.73. The molecular formula is C22H28N2O2. The molecule has 138 valence electrons. The van der Waals surface area contributed by atoms with Crippen LogP contribution in [0.5, 0.6) is 0 Å². The molecular weight excluding hydrogens is 324 g/mol. The van der Waals surface area contributed by atoms with E-state index >= 15 is 0 Å². The molecule has 2 amide bonds. The third-order valence-electron chi connectivity index (χ3n) is 4.43. The zero-order chi connectivity index (χ0) is 19.5. The second-order valence-corrected chi connectivity index (χ2v) is 7.72. The highest BCUT2D eigenvalue weighted by atomic mass is 16.2. The van der Waals surface area contributed by atoms with Crippen LogP contribution >= 0.6 is 0 Å². The van der Waals surface area contributed by atoms with E-state index in [4.69, 9.17) is 0 Å². The lowest BCUT2D eigenvalue weighted by Crippen LogP contribution is -2.37. The van der Waals surface area contributed by atoms with Crippen LogP contribution in [0.4, 0.5) is 11.4 Å². The number of nitrogens with zero attached hydrogens (tertiary/aromatic N) is 1. The maximum Gasteiger partial charge on any atom is 0.244 e. The van der Waals surface area contributed by atoms with E-state index in [2.05, 4.69) is 26.1 Å². The van der Waals surface area contributed by atoms with Crippen LogP contribution in [0.15, 0.2) is 42.5 Å². The normalized spacial score (nSPS) is 11.2. The summed E-state index contributed by atoms with van der Waals surface area (Å²) in [4.78, 5) is 26.2. The lowest BCUT2D eigenvalue weighted by Gasteiger charge is -2.24. The number of para-hydroxylation sites is 1. The molecule has 0 aliphatic carbocycles. The standard InChI is InChI=1S/C22H28N2O2/c1-15-8-7-9-16(2)21(15)24(17(3)25)14-20(26)23-19-12-10-18(11-13-19)22(4,5)6/h7-13H,14H2,1-6H3,(H,23,26). The quantitative estimate of drug-likeness (QED) is 0.875. The monoisotopic (exact) mass is 352 g/mol. The molecule has 0 heterocycles. The molecule has 0 radical (unpaired) electrons. The molecule has 0 bridgehead atoms. The SMILES string of the molecule is CC(=O)N(CC(=O)Nc1ccc(C(C)(C)C)cc1)c1c(C)cccc1C. The van der Waals surface area contributed by atoms with Crippen LogP contribution in [0.3, 0.4) is 0 Å². The number of carbonyl (C=O) groups excluding carboxylic acids is 2. The molecule has 0 aromatic heterocycles. The van der Waals surface area contributed by atoms with Crippen LogP contribution in [-0.4, -0.2) is 18.4 Å². The van der Waals surface area contributed by atoms with Crippen molar-refractivity contribution in [1.82, 2.24) is 0 Å². The number of anilines is 2. The predicted molar refractivity (Wildman–Crippen MR) is 108 cm³/mol. The highest BCUT2D eigenvalue weighted by Crippen LogP contribution is 2.25. The van der Waals surface area contributed by atoms with Gasteiger partial charge in [-0.15, -0.1) is 0 Å². The summed E-state index contributed by atoms with van der Waals surface area (Å²) in [7, 11) is 0. The van der Waals surface area contributed by atoms with Gasteiger partial charge in [-0.25, -0.2) is 0 Å². The Balaban J connectivity index is 2.15. The number of rotatable bonds is 4. The van der Waals surface area contributed by atoms with Crippen molar-refractivity contribution < 1.29 is 9.59 Å². The van der Waals surface area contributed by atoms with E-state index in [1.807, 2.05) is 56.3 Å². The van der Waals surface area contributed by atoms with E-state index in [0.717, 1.165) is 22.5 Å². The van der Waals surface area contributed by atoms with E-state index in [1.165, 1.54) is 17.4 Å². The van der Waals surface area contributed by atoms with Gasteiger partial charge < -0.3 is 10.2 Å². The first kappa shape index (κ1) is 19.7. The summed E-state index contributed by atoms with van der Waals surface area (Å²) in [5.41, 5.74) is 4.75. The Morgan fingerprint density at radius 2 is 1.50 bits per heavy atom. The van der Waals surface area contributed by atoms with Crippen molar-refractivity contribution >= 4 is 23.2 Å². The Kier molecular flexibility index (Phi) is 5.86. The third-order valence-corrected chi connectivity index (χ3v) is 4.43. The van der Waals surface area contributed by atoms with Crippen molar-refractivity contribution in [2.45, 2.75) is 47.0 Å². The van der Waals surface area contributed by atoms with Crippen LogP contribution in [0.25, 0.3) is 0 Å². The molecule has 4 nitrogen and oxygen atoms in total. The van der Waals surface area contributed by atoms with Crippen molar-refractivity contribution in [1.29, 1.82) is 0 Å². The summed E-state index contributed by atoms with van der Waals surface area (Å²) in [6.07, 6.45) is 0. The minimum Gasteiger partial charge on any atom is -0.325 e. The molecule has 0 saturated carbocycles. The molecule has 2 aromatic carbocycles. The maximum absolute atomic E-state index is 12.5. The van der Waals surface area contributed by atoms with Gasteiger partial charge in [-0.2, -0.15) is 0 Å². The topological polar surface area (TPSA) is 49.4 Å². The first-order valence-electron chi connectivity index (χ1n) is 8.84. The zero-order valence-electron chi connectivity index (χ0n) is 16.5. The van der Waals surface area contributed by atoms with E-state index in [0.29, 0.717) is 0 Å². The lowest BCUT2D eigenvalue weighted by molar-refractivity contribution is -0.120. The van der Waals surface area contributed by atoms with Gasteiger partial charge in [0.05, 0.1) is 5.69 Å². The number of carbonyl (C=O) groups is 2. The summed E-state index contributed by atoms with van der Waals surface area (Å²) in [6.45, 7) is 11.8.